The molecule has 0 heterocycles. The van der Waals surface area contributed by atoms with Crippen LogP contribution in [0.4, 0.5) is 0 Å². The van der Waals surface area contributed by atoms with Crippen molar-refractivity contribution >= 4 is 44.9 Å². The van der Waals surface area contributed by atoms with Gasteiger partial charge in [-0.15, -0.1) is 0 Å². The molecule has 1 fully saturated rings. The molecule has 0 unspecified atom stereocenters. The second-order valence-electron chi connectivity index (χ2n) is 4.75. The highest BCUT2D eigenvalue weighted by Gasteiger charge is 2.37. The van der Waals surface area contributed by atoms with Crippen LogP contribution >= 0.6 is 27.5 Å². The van der Waals surface area contributed by atoms with E-state index in [4.69, 9.17) is 16.3 Å². The fourth-order valence-corrected chi connectivity index (χ4v) is 3.22. The molecular formula is C15H14BrClO4. The lowest BCUT2D eigenvalue weighted by atomic mass is 9.81. The van der Waals surface area contributed by atoms with Gasteiger partial charge in [-0.3, -0.25) is 14.4 Å². The maximum atomic E-state index is 12.5. The minimum atomic E-state index is -1.22. The Bertz CT molecular complexity index is 596. The highest BCUT2D eigenvalue weighted by molar-refractivity contribution is 9.10. The number of carbonyl (C=O) groups excluding carboxylic acids is 3. The molecule has 1 aliphatic carbocycles. The van der Waals surface area contributed by atoms with E-state index in [9.17, 15) is 14.4 Å². The third kappa shape index (κ3) is 3.19. The topological polar surface area (TPSA) is 60.4 Å². The highest BCUT2D eigenvalue weighted by Crippen LogP contribution is 2.37. The molecule has 4 nitrogen and oxygen atoms in total. The van der Waals surface area contributed by atoms with Gasteiger partial charge in [0.25, 0.3) is 0 Å². The van der Waals surface area contributed by atoms with Crippen LogP contribution < -0.4 is 4.74 Å². The third-order valence-corrected chi connectivity index (χ3v) is 4.36. The zero-order valence-corrected chi connectivity index (χ0v) is 13.8. The fourth-order valence-electron chi connectivity index (χ4n) is 2.35. The van der Waals surface area contributed by atoms with E-state index in [2.05, 4.69) is 15.9 Å². The zero-order chi connectivity index (χ0) is 15.6. The summed E-state index contributed by atoms with van der Waals surface area (Å²) in [6.45, 7) is 2.18. The number of Topliss-reactive ketones (excluding diaryl/α,β-unsaturated/α-hetero) is 3. The fraction of sp³-hybridized carbons (Fsp3) is 0.400. The van der Waals surface area contributed by atoms with E-state index in [1.165, 1.54) is 6.07 Å². The normalized spacial score (nSPS) is 16.1. The van der Waals surface area contributed by atoms with Crippen molar-refractivity contribution in [3.63, 3.8) is 0 Å². The van der Waals surface area contributed by atoms with Crippen molar-refractivity contribution in [2.45, 2.75) is 26.2 Å². The SMILES string of the molecule is CCOc1c(Br)ccc(C(=O)C2C(=O)CCCC2=O)c1Cl. The molecule has 0 spiro atoms. The van der Waals surface area contributed by atoms with E-state index in [1.54, 1.807) is 13.0 Å². The Balaban J connectivity index is 2.41. The molecule has 0 saturated heterocycles. The lowest BCUT2D eigenvalue weighted by Gasteiger charge is -2.19. The molecule has 0 aliphatic heterocycles. The summed E-state index contributed by atoms with van der Waals surface area (Å²) in [6.07, 6.45) is 1.03. The molecule has 0 aromatic heterocycles. The van der Waals surface area contributed by atoms with Crippen molar-refractivity contribution < 1.29 is 19.1 Å². The first-order valence-electron chi connectivity index (χ1n) is 6.67. The predicted molar refractivity (Wildman–Crippen MR) is 82.0 cm³/mol. The molecule has 1 aromatic carbocycles. The van der Waals surface area contributed by atoms with Crippen molar-refractivity contribution in [2.24, 2.45) is 5.92 Å². The van der Waals surface area contributed by atoms with Crippen LogP contribution in [0.5, 0.6) is 5.75 Å². The van der Waals surface area contributed by atoms with Crippen LogP contribution in [0.2, 0.25) is 5.02 Å². The number of hydrogen-bond donors (Lipinski definition) is 0. The third-order valence-electron chi connectivity index (χ3n) is 3.36. The minimum absolute atomic E-state index is 0.127. The second kappa shape index (κ2) is 6.71. The van der Waals surface area contributed by atoms with E-state index in [1.807, 2.05) is 0 Å². The summed E-state index contributed by atoms with van der Waals surface area (Å²) in [5, 5.41) is 0.127. The van der Waals surface area contributed by atoms with Crippen molar-refractivity contribution in [1.29, 1.82) is 0 Å². The van der Waals surface area contributed by atoms with Crippen LogP contribution in [-0.4, -0.2) is 24.0 Å². The van der Waals surface area contributed by atoms with Crippen LogP contribution in [0.15, 0.2) is 16.6 Å². The molecule has 0 amide bonds. The lowest BCUT2D eigenvalue weighted by Crippen LogP contribution is -2.35. The average molecular weight is 374 g/mol. The molecule has 0 N–H and O–H groups in total. The number of hydrogen-bond acceptors (Lipinski definition) is 4. The van der Waals surface area contributed by atoms with E-state index in [0.29, 0.717) is 23.2 Å². The molecular weight excluding hydrogens is 360 g/mol. The van der Waals surface area contributed by atoms with E-state index < -0.39 is 11.7 Å². The minimum Gasteiger partial charge on any atom is -0.491 e. The van der Waals surface area contributed by atoms with Gasteiger partial charge in [0.2, 0.25) is 0 Å². The molecule has 0 atom stereocenters. The Kier molecular flexibility index (Phi) is 5.17. The van der Waals surface area contributed by atoms with Gasteiger partial charge in [-0.1, -0.05) is 11.6 Å². The molecule has 21 heavy (non-hydrogen) atoms. The standard InChI is InChI=1S/C15H14BrClO4/c1-2-21-15-9(16)7-6-8(13(15)17)14(20)12-10(18)4-3-5-11(12)19/h6-7,12H,2-5H2,1H3. The van der Waals surface area contributed by atoms with Gasteiger partial charge in [-0.05, 0) is 41.4 Å². The van der Waals surface area contributed by atoms with Gasteiger partial charge in [0.1, 0.15) is 5.92 Å². The largest absolute Gasteiger partial charge is 0.491 e. The van der Waals surface area contributed by atoms with Gasteiger partial charge >= 0.3 is 0 Å². The highest BCUT2D eigenvalue weighted by atomic mass is 79.9. The van der Waals surface area contributed by atoms with Crippen molar-refractivity contribution in [3.05, 3.63) is 27.2 Å². The smallest absolute Gasteiger partial charge is 0.182 e. The maximum absolute atomic E-state index is 12.5. The van der Waals surface area contributed by atoms with Crippen LogP contribution in [0.3, 0.4) is 0 Å². The molecule has 6 heteroatoms. The van der Waals surface area contributed by atoms with Gasteiger partial charge in [0.05, 0.1) is 16.1 Å². The summed E-state index contributed by atoms with van der Waals surface area (Å²) in [4.78, 5) is 36.3. The zero-order valence-electron chi connectivity index (χ0n) is 11.4. The molecule has 2 rings (SSSR count). The lowest BCUT2D eigenvalue weighted by molar-refractivity contribution is -0.133. The summed E-state index contributed by atoms with van der Waals surface area (Å²) in [6, 6.07) is 3.13. The van der Waals surface area contributed by atoms with Crippen LogP contribution in [0, 0.1) is 5.92 Å². The van der Waals surface area contributed by atoms with Crippen molar-refractivity contribution in [2.75, 3.05) is 6.61 Å². The van der Waals surface area contributed by atoms with E-state index in [0.717, 1.165) is 0 Å². The number of halogens is 2. The summed E-state index contributed by atoms with van der Waals surface area (Å²) in [7, 11) is 0. The Hall–Kier alpha value is -1.20. The first-order chi connectivity index (χ1) is 9.97. The number of rotatable bonds is 4. The van der Waals surface area contributed by atoms with E-state index in [-0.39, 0.29) is 35.0 Å². The van der Waals surface area contributed by atoms with Gasteiger partial charge in [0, 0.05) is 18.4 Å². The number of ether oxygens (including phenoxy) is 1. The Morgan fingerprint density at radius 3 is 2.52 bits per heavy atom. The Morgan fingerprint density at radius 1 is 1.33 bits per heavy atom. The van der Waals surface area contributed by atoms with Gasteiger partial charge in [-0.2, -0.15) is 0 Å². The molecule has 0 bridgehead atoms. The Morgan fingerprint density at radius 2 is 1.95 bits per heavy atom. The monoisotopic (exact) mass is 372 g/mol. The Labute approximate surface area is 135 Å². The summed E-state index contributed by atoms with van der Waals surface area (Å²) in [5.74, 6) is -2.06. The maximum Gasteiger partial charge on any atom is 0.182 e. The number of benzene rings is 1. The molecule has 112 valence electrons. The van der Waals surface area contributed by atoms with E-state index >= 15 is 0 Å². The van der Waals surface area contributed by atoms with Gasteiger partial charge < -0.3 is 4.74 Å². The quantitative estimate of drug-likeness (QED) is 0.597. The van der Waals surface area contributed by atoms with Crippen LogP contribution in [0.1, 0.15) is 36.5 Å². The van der Waals surface area contributed by atoms with Crippen molar-refractivity contribution in [1.82, 2.24) is 0 Å². The van der Waals surface area contributed by atoms with Gasteiger partial charge in [0.15, 0.2) is 23.1 Å². The molecule has 1 aromatic rings. The summed E-state index contributed by atoms with van der Waals surface area (Å²) < 4.78 is 6.02. The van der Waals surface area contributed by atoms with Crippen LogP contribution in [0.25, 0.3) is 0 Å². The summed E-state index contributed by atoms with van der Waals surface area (Å²) in [5.41, 5.74) is 0.150. The average Bonchev–Trinajstić information content (AvgIpc) is 2.43. The molecule has 1 saturated carbocycles. The first-order valence-corrected chi connectivity index (χ1v) is 7.85. The number of carbonyl (C=O) groups is 3. The number of ketones is 3. The second-order valence-corrected chi connectivity index (χ2v) is 5.99. The van der Waals surface area contributed by atoms with Gasteiger partial charge in [-0.25, -0.2) is 0 Å². The van der Waals surface area contributed by atoms with Crippen molar-refractivity contribution in [3.8, 4) is 5.75 Å². The summed E-state index contributed by atoms with van der Waals surface area (Å²) >= 11 is 9.50. The first kappa shape index (κ1) is 16.2. The molecule has 0 radical (unpaired) electrons. The molecule has 1 aliphatic rings. The van der Waals surface area contributed by atoms with Crippen LogP contribution in [-0.2, 0) is 9.59 Å². The predicted octanol–water partition coefficient (Wildman–Crippen LogP) is 3.62.